The molecule has 1 aromatic heterocycles. The molecule has 74 valence electrons. The van der Waals surface area contributed by atoms with E-state index in [9.17, 15) is 9.59 Å². The lowest BCUT2D eigenvalue weighted by Gasteiger charge is -2.05. The van der Waals surface area contributed by atoms with Gasteiger partial charge in [-0.2, -0.15) is 0 Å². The number of carbonyl (C=O) groups excluding carboxylic acids is 1. The van der Waals surface area contributed by atoms with Crippen molar-refractivity contribution in [3.05, 3.63) is 24.0 Å². The van der Waals surface area contributed by atoms with Crippen LogP contribution in [-0.2, 0) is 4.74 Å². The summed E-state index contributed by atoms with van der Waals surface area (Å²) in [5.74, 6) is -1.14. The fourth-order valence-electron chi connectivity index (χ4n) is 0.842. The number of carboxylic acids is 1. The molecule has 6 heteroatoms. The number of nitrogens with zero attached hydrogens (tertiary/aromatic N) is 1. The molecule has 6 nitrogen and oxygen atoms in total. The number of aromatic carboxylic acids is 1. The summed E-state index contributed by atoms with van der Waals surface area (Å²) in [6.07, 6.45) is 1.83. The maximum absolute atomic E-state index is 10.8. The maximum Gasteiger partial charge on any atom is 0.411 e. The number of ether oxygens (including phenoxy) is 1. The molecule has 0 saturated carbocycles. The molecular weight excluding hydrogens is 188 g/mol. The second-order valence-corrected chi connectivity index (χ2v) is 2.34. The molecule has 2 N–H and O–H groups in total. The second-order valence-electron chi connectivity index (χ2n) is 2.34. The van der Waals surface area contributed by atoms with E-state index in [1.54, 1.807) is 0 Å². The monoisotopic (exact) mass is 196 g/mol. The molecule has 0 spiro atoms. The van der Waals surface area contributed by atoms with Crippen molar-refractivity contribution in [1.82, 2.24) is 4.98 Å². The topological polar surface area (TPSA) is 88.5 Å². The van der Waals surface area contributed by atoms with Gasteiger partial charge in [0.1, 0.15) is 0 Å². The van der Waals surface area contributed by atoms with Crippen molar-refractivity contribution in [1.29, 1.82) is 0 Å². The molecule has 1 rings (SSSR count). The van der Waals surface area contributed by atoms with Gasteiger partial charge >= 0.3 is 12.1 Å². The van der Waals surface area contributed by atoms with Crippen LogP contribution in [0.4, 0.5) is 10.5 Å². The number of aromatic nitrogens is 1. The van der Waals surface area contributed by atoms with E-state index in [1.807, 2.05) is 0 Å². The molecule has 1 amide bonds. The zero-order chi connectivity index (χ0) is 10.6. The quantitative estimate of drug-likeness (QED) is 0.735. The van der Waals surface area contributed by atoms with Crippen LogP contribution >= 0.6 is 0 Å². The molecule has 14 heavy (non-hydrogen) atoms. The number of hydrogen-bond acceptors (Lipinski definition) is 4. The van der Waals surface area contributed by atoms with Gasteiger partial charge in [0, 0.05) is 6.20 Å². The lowest BCUT2D eigenvalue weighted by Crippen LogP contribution is -2.14. The fourth-order valence-corrected chi connectivity index (χ4v) is 0.842. The van der Waals surface area contributed by atoms with E-state index in [0.717, 1.165) is 0 Å². The number of rotatable bonds is 2. The minimum absolute atomic E-state index is 0.0367. The Morgan fingerprint density at radius 3 is 2.86 bits per heavy atom. The average Bonchev–Trinajstić information content (AvgIpc) is 2.18. The summed E-state index contributed by atoms with van der Waals surface area (Å²) in [5.41, 5.74) is 0.0669. The minimum atomic E-state index is -1.14. The zero-order valence-electron chi connectivity index (χ0n) is 7.35. The summed E-state index contributed by atoms with van der Waals surface area (Å²) in [7, 11) is 1.19. The molecule has 0 aliphatic rings. The maximum atomic E-state index is 10.8. The predicted molar refractivity (Wildman–Crippen MR) is 47.2 cm³/mol. The lowest BCUT2D eigenvalue weighted by atomic mass is 10.2. The standard InChI is InChI=1S/C8H8N2O4/c1-14-8(13)10-6-4-9-3-2-5(6)7(11)12/h2-4H,1H3,(H,10,13)(H,11,12). The van der Waals surface area contributed by atoms with Crippen molar-refractivity contribution in [3.63, 3.8) is 0 Å². The van der Waals surface area contributed by atoms with Crippen molar-refractivity contribution in [3.8, 4) is 0 Å². The summed E-state index contributed by atoms with van der Waals surface area (Å²) in [4.78, 5) is 25.2. The lowest BCUT2D eigenvalue weighted by molar-refractivity contribution is 0.0698. The van der Waals surface area contributed by atoms with Crippen LogP contribution < -0.4 is 5.32 Å². The second kappa shape index (κ2) is 4.22. The third-order valence-electron chi connectivity index (χ3n) is 1.47. The van der Waals surface area contributed by atoms with E-state index < -0.39 is 12.1 Å². The summed E-state index contributed by atoms with van der Waals surface area (Å²) < 4.78 is 4.32. The van der Waals surface area contributed by atoms with E-state index >= 15 is 0 Å². The Balaban J connectivity index is 2.95. The number of methoxy groups -OCH3 is 1. The van der Waals surface area contributed by atoms with Crippen LogP contribution in [0, 0.1) is 0 Å². The van der Waals surface area contributed by atoms with Gasteiger partial charge in [-0.15, -0.1) is 0 Å². The molecular formula is C8H8N2O4. The van der Waals surface area contributed by atoms with Gasteiger partial charge in [0.25, 0.3) is 0 Å². The van der Waals surface area contributed by atoms with E-state index in [-0.39, 0.29) is 11.3 Å². The van der Waals surface area contributed by atoms with E-state index in [4.69, 9.17) is 5.11 Å². The van der Waals surface area contributed by atoms with Gasteiger partial charge in [0.2, 0.25) is 0 Å². The Morgan fingerprint density at radius 2 is 2.29 bits per heavy atom. The highest BCUT2D eigenvalue weighted by molar-refractivity contribution is 5.98. The Kier molecular flexibility index (Phi) is 3.01. The average molecular weight is 196 g/mol. The molecule has 0 atom stereocenters. The minimum Gasteiger partial charge on any atom is -0.478 e. The molecule has 0 bridgehead atoms. The highest BCUT2D eigenvalue weighted by atomic mass is 16.5. The molecule has 0 aromatic carbocycles. The summed E-state index contributed by atoms with van der Waals surface area (Å²) in [5, 5.41) is 11.0. The third kappa shape index (κ3) is 2.19. The third-order valence-corrected chi connectivity index (χ3v) is 1.47. The van der Waals surface area contributed by atoms with E-state index in [1.165, 1.54) is 25.6 Å². The van der Waals surface area contributed by atoms with Crippen molar-refractivity contribution < 1.29 is 19.4 Å². The number of pyridine rings is 1. The van der Waals surface area contributed by atoms with Crippen molar-refractivity contribution in [2.75, 3.05) is 12.4 Å². The van der Waals surface area contributed by atoms with Gasteiger partial charge < -0.3 is 9.84 Å². The van der Waals surface area contributed by atoms with Crippen LogP contribution in [0.15, 0.2) is 18.5 Å². The van der Waals surface area contributed by atoms with E-state index in [2.05, 4.69) is 15.0 Å². The van der Waals surface area contributed by atoms with Gasteiger partial charge in [-0.3, -0.25) is 10.3 Å². The Hall–Kier alpha value is -2.11. The Morgan fingerprint density at radius 1 is 1.57 bits per heavy atom. The molecule has 0 aliphatic carbocycles. The van der Waals surface area contributed by atoms with Crippen molar-refractivity contribution >= 4 is 17.7 Å². The van der Waals surface area contributed by atoms with Crippen molar-refractivity contribution in [2.24, 2.45) is 0 Å². The van der Waals surface area contributed by atoms with Crippen LogP contribution in [0.1, 0.15) is 10.4 Å². The van der Waals surface area contributed by atoms with Gasteiger partial charge in [-0.1, -0.05) is 0 Å². The number of carboxylic acid groups (broad SMARTS) is 1. The molecule has 1 aromatic rings. The first-order chi connectivity index (χ1) is 6.65. The van der Waals surface area contributed by atoms with Gasteiger partial charge in [-0.05, 0) is 6.07 Å². The first-order valence-electron chi connectivity index (χ1n) is 3.67. The Labute approximate surface area is 79.5 Å². The van der Waals surface area contributed by atoms with Gasteiger partial charge in [-0.25, -0.2) is 9.59 Å². The number of amides is 1. The normalized spacial score (nSPS) is 9.21. The molecule has 0 saturated heterocycles. The molecule has 0 radical (unpaired) electrons. The predicted octanol–water partition coefficient (Wildman–Crippen LogP) is 0.958. The van der Waals surface area contributed by atoms with Crippen LogP contribution in [0.5, 0.6) is 0 Å². The van der Waals surface area contributed by atoms with Crippen LogP contribution in [0.2, 0.25) is 0 Å². The van der Waals surface area contributed by atoms with Crippen LogP contribution in [0.25, 0.3) is 0 Å². The van der Waals surface area contributed by atoms with Crippen LogP contribution in [0.3, 0.4) is 0 Å². The number of anilines is 1. The summed E-state index contributed by atoms with van der Waals surface area (Å²) >= 11 is 0. The molecule has 0 fully saturated rings. The van der Waals surface area contributed by atoms with Gasteiger partial charge in [0.15, 0.2) is 0 Å². The van der Waals surface area contributed by atoms with Gasteiger partial charge in [0.05, 0.1) is 24.6 Å². The SMILES string of the molecule is COC(=O)Nc1cnccc1C(=O)O. The number of nitrogens with one attached hydrogen (secondary N) is 1. The highest BCUT2D eigenvalue weighted by Crippen LogP contribution is 2.12. The molecule has 0 aliphatic heterocycles. The van der Waals surface area contributed by atoms with Crippen molar-refractivity contribution in [2.45, 2.75) is 0 Å². The first kappa shape index (κ1) is 9.97. The summed E-state index contributed by atoms with van der Waals surface area (Å²) in [6, 6.07) is 1.29. The van der Waals surface area contributed by atoms with E-state index in [0.29, 0.717) is 0 Å². The highest BCUT2D eigenvalue weighted by Gasteiger charge is 2.11. The number of carbonyl (C=O) groups is 2. The molecule has 0 unspecified atom stereocenters. The Bertz CT molecular complexity index is 364. The first-order valence-corrected chi connectivity index (χ1v) is 3.67. The largest absolute Gasteiger partial charge is 0.478 e. The fraction of sp³-hybridized carbons (Fsp3) is 0.125. The molecule has 1 heterocycles. The summed E-state index contributed by atoms with van der Waals surface area (Å²) in [6.45, 7) is 0. The smallest absolute Gasteiger partial charge is 0.411 e. The van der Waals surface area contributed by atoms with Crippen LogP contribution in [-0.4, -0.2) is 29.3 Å². The number of hydrogen-bond donors (Lipinski definition) is 2. The zero-order valence-corrected chi connectivity index (χ0v) is 7.35.